The van der Waals surface area contributed by atoms with E-state index in [1.807, 2.05) is 18.2 Å². The smallest absolute Gasteiger partial charge is 0.417 e. The quantitative estimate of drug-likeness (QED) is 0.672. The van der Waals surface area contributed by atoms with E-state index in [1.165, 1.54) is 21.6 Å². The molecule has 0 unspecified atom stereocenters. The maximum atomic E-state index is 12.5. The van der Waals surface area contributed by atoms with Crippen LogP contribution in [0.25, 0.3) is 11.1 Å². The van der Waals surface area contributed by atoms with Crippen molar-refractivity contribution >= 4 is 12.0 Å². The average Bonchev–Trinajstić information content (AvgIpc) is 2.94. The average molecular weight is 377 g/mol. The van der Waals surface area contributed by atoms with Crippen molar-refractivity contribution in [2.45, 2.75) is 51.7 Å². The third kappa shape index (κ3) is 4.69. The van der Waals surface area contributed by atoms with Gasteiger partial charge in [-0.25, -0.2) is 9.69 Å². The van der Waals surface area contributed by atoms with Gasteiger partial charge in [0.05, 0.1) is 0 Å². The molecule has 2 aromatic carbocycles. The van der Waals surface area contributed by atoms with Crippen LogP contribution in [0, 0.1) is 0 Å². The highest BCUT2D eigenvalue weighted by Crippen LogP contribution is 2.28. The molecule has 146 valence electrons. The highest BCUT2D eigenvalue weighted by atomic mass is 16.6. The van der Waals surface area contributed by atoms with Gasteiger partial charge in [0.25, 0.3) is 5.91 Å². The van der Waals surface area contributed by atoms with Crippen LogP contribution in [0.1, 0.15) is 39.2 Å². The molecule has 0 saturated carbocycles. The monoisotopic (exact) mass is 377 g/mol. The van der Waals surface area contributed by atoms with E-state index in [1.54, 1.807) is 20.8 Å². The molecule has 28 heavy (non-hydrogen) atoms. The maximum Gasteiger partial charge on any atom is 0.417 e. The first-order chi connectivity index (χ1) is 13.2. The molecule has 2 amide bonds. The molecule has 4 heteroatoms. The van der Waals surface area contributed by atoms with Gasteiger partial charge in [-0.1, -0.05) is 61.2 Å². The number of ether oxygens (including phenoxy) is 1. The van der Waals surface area contributed by atoms with Crippen molar-refractivity contribution < 1.29 is 14.3 Å². The summed E-state index contributed by atoms with van der Waals surface area (Å²) in [5, 5.41) is 0. The van der Waals surface area contributed by atoms with Gasteiger partial charge < -0.3 is 4.74 Å². The molecule has 1 saturated heterocycles. The Bertz CT molecular complexity index is 863. The van der Waals surface area contributed by atoms with E-state index in [9.17, 15) is 9.59 Å². The SMILES string of the molecule is C=C1C[C@@H](CCc2ccc(-c3ccccc3)cc2)N(C(=O)OC(C)(C)C)C1=O. The predicted octanol–water partition coefficient (Wildman–Crippen LogP) is 5.38. The van der Waals surface area contributed by atoms with E-state index in [4.69, 9.17) is 4.74 Å². The van der Waals surface area contributed by atoms with E-state index in [0.29, 0.717) is 18.4 Å². The Morgan fingerprint density at radius 1 is 1.07 bits per heavy atom. The van der Waals surface area contributed by atoms with Gasteiger partial charge in [-0.05, 0) is 56.7 Å². The number of carbonyl (C=O) groups is 2. The molecular formula is C24H27NO3. The minimum Gasteiger partial charge on any atom is -0.443 e. The number of hydrogen-bond donors (Lipinski definition) is 0. The van der Waals surface area contributed by atoms with Gasteiger partial charge in [-0.3, -0.25) is 4.79 Å². The van der Waals surface area contributed by atoms with Crippen LogP contribution in [0.5, 0.6) is 0 Å². The number of hydrogen-bond acceptors (Lipinski definition) is 3. The molecule has 0 radical (unpaired) electrons. The second-order valence-corrected chi connectivity index (χ2v) is 8.22. The van der Waals surface area contributed by atoms with Crippen LogP contribution in [-0.2, 0) is 16.0 Å². The minimum atomic E-state index is -0.640. The summed E-state index contributed by atoms with van der Waals surface area (Å²) < 4.78 is 5.41. The Morgan fingerprint density at radius 3 is 2.29 bits per heavy atom. The second kappa shape index (κ2) is 8.01. The number of nitrogens with zero attached hydrogens (tertiary/aromatic N) is 1. The molecule has 1 fully saturated rings. The van der Waals surface area contributed by atoms with E-state index >= 15 is 0 Å². The molecule has 1 aliphatic heterocycles. The van der Waals surface area contributed by atoms with Crippen LogP contribution < -0.4 is 0 Å². The van der Waals surface area contributed by atoms with Crippen molar-refractivity contribution in [3.8, 4) is 11.1 Å². The molecule has 0 aromatic heterocycles. The first kappa shape index (κ1) is 19.9. The summed E-state index contributed by atoms with van der Waals surface area (Å²) in [6.45, 7) is 9.20. The molecule has 1 atom stereocenters. The number of carbonyl (C=O) groups excluding carboxylic acids is 2. The van der Waals surface area contributed by atoms with Crippen molar-refractivity contribution in [3.05, 3.63) is 72.3 Å². The lowest BCUT2D eigenvalue weighted by molar-refractivity contribution is -0.125. The lowest BCUT2D eigenvalue weighted by Gasteiger charge is -2.27. The molecule has 0 aliphatic carbocycles. The predicted molar refractivity (Wildman–Crippen MR) is 111 cm³/mol. The molecule has 0 bridgehead atoms. The Labute approximate surface area is 166 Å². The summed E-state index contributed by atoms with van der Waals surface area (Å²) >= 11 is 0. The third-order valence-electron chi connectivity index (χ3n) is 4.79. The zero-order valence-electron chi connectivity index (χ0n) is 16.8. The molecule has 0 N–H and O–H groups in total. The fourth-order valence-corrected chi connectivity index (χ4v) is 3.40. The number of aryl methyl sites for hydroxylation is 1. The van der Waals surface area contributed by atoms with E-state index in [2.05, 4.69) is 43.0 Å². The summed E-state index contributed by atoms with van der Waals surface area (Å²) in [5.74, 6) is -0.321. The molecule has 1 heterocycles. The molecule has 2 aromatic rings. The van der Waals surface area contributed by atoms with Crippen molar-refractivity contribution in [1.29, 1.82) is 0 Å². The van der Waals surface area contributed by atoms with Gasteiger partial charge in [-0.2, -0.15) is 0 Å². The summed E-state index contributed by atoms with van der Waals surface area (Å²) in [6, 6.07) is 18.4. The van der Waals surface area contributed by atoms with Crippen LogP contribution >= 0.6 is 0 Å². The molecular weight excluding hydrogens is 350 g/mol. The summed E-state index contributed by atoms with van der Waals surface area (Å²) in [7, 11) is 0. The van der Waals surface area contributed by atoms with E-state index in [0.717, 1.165) is 6.42 Å². The standard InChI is InChI=1S/C24H27NO3/c1-17-16-21(25(22(17)26)23(27)28-24(2,3)4)15-12-18-10-13-20(14-11-18)19-8-6-5-7-9-19/h5-11,13-14,21H,1,12,15-16H2,2-4H3/t21-/m1/s1. The van der Waals surface area contributed by atoms with E-state index < -0.39 is 11.7 Å². The topological polar surface area (TPSA) is 46.6 Å². The zero-order chi connectivity index (χ0) is 20.3. The lowest BCUT2D eigenvalue weighted by atomic mass is 9.99. The van der Waals surface area contributed by atoms with Gasteiger partial charge in [0.15, 0.2) is 0 Å². The molecule has 1 aliphatic rings. The lowest BCUT2D eigenvalue weighted by Crippen LogP contribution is -2.42. The highest BCUT2D eigenvalue weighted by Gasteiger charge is 2.40. The fourth-order valence-electron chi connectivity index (χ4n) is 3.40. The number of rotatable bonds is 4. The van der Waals surface area contributed by atoms with Crippen LogP contribution in [0.3, 0.4) is 0 Å². The molecule has 3 rings (SSSR count). The van der Waals surface area contributed by atoms with Crippen LogP contribution in [0.2, 0.25) is 0 Å². The number of amides is 2. The van der Waals surface area contributed by atoms with Crippen molar-refractivity contribution in [1.82, 2.24) is 4.90 Å². The number of likely N-dealkylation sites (tertiary alicyclic amines) is 1. The summed E-state index contributed by atoms with van der Waals surface area (Å²) in [5.41, 5.74) is 3.36. The van der Waals surface area contributed by atoms with Gasteiger partial charge in [-0.15, -0.1) is 0 Å². The normalized spacial score (nSPS) is 17.1. The number of imide groups is 1. The largest absolute Gasteiger partial charge is 0.443 e. The Hall–Kier alpha value is -2.88. The molecule has 0 spiro atoms. The van der Waals surface area contributed by atoms with Crippen LogP contribution in [-0.4, -0.2) is 28.5 Å². The summed E-state index contributed by atoms with van der Waals surface area (Å²) in [4.78, 5) is 26.1. The van der Waals surface area contributed by atoms with Crippen LogP contribution in [0.15, 0.2) is 66.7 Å². The fraction of sp³-hybridized carbons (Fsp3) is 0.333. The van der Waals surface area contributed by atoms with Crippen LogP contribution in [0.4, 0.5) is 4.79 Å². The van der Waals surface area contributed by atoms with Gasteiger partial charge in [0.1, 0.15) is 5.60 Å². The zero-order valence-corrected chi connectivity index (χ0v) is 16.8. The Morgan fingerprint density at radius 2 is 1.68 bits per heavy atom. The van der Waals surface area contributed by atoms with Crippen molar-refractivity contribution in [2.24, 2.45) is 0 Å². The summed E-state index contributed by atoms with van der Waals surface area (Å²) in [6.07, 6.45) is 1.38. The molecule has 4 nitrogen and oxygen atoms in total. The van der Waals surface area contributed by atoms with Gasteiger partial charge in [0, 0.05) is 11.6 Å². The Kier molecular flexibility index (Phi) is 5.68. The first-order valence-corrected chi connectivity index (χ1v) is 9.63. The van der Waals surface area contributed by atoms with Gasteiger partial charge in [0.2, 0.25) is 0 Å². The third-order valence-corrected chi connectivity index (χ3v) is 4.79. The minimum absolute atomic E-state index is 0.205. The van der Waals surface area contributed by atoms with Gasteiger partial charge >= 0.3 is 6.09 Å². The maximum absolute atomic E-state index is 12.5. The highest BCUT2D eigenvalue weighted by molar-refractivity contribution is 6.04. The van der Waals surface area contributed by atoms with Crippen molar-refractivity contribution in [3.63, 3.8) is 0 Å². The number of benzene rings is 2. The second-order valence-electron chi connectivity index (χ2n) is 8.22. The Balaban J connectivity index is 1.66. The van der Waals surface area contributed by atoms with Crippen molar-refractivity contribution in [2.75, 3.05) is 0 Å². The first-order valence-electron chi connectivity index (χ1n) is 9.63. The van der Waals surface area contributed by atoms with E-state index in [-0.39, 0.29) is 11.9 Å².